The van der Waals surface area contributed by atoms with E-state index >= 15 is 0 Å². The third-order valence-corrected chi connectivity index (χ3v) is 5.07. The standard InChI is InChI=1S/C26H36O3/c1-4-6-7-8-9-10-11-12-22-15-16-25-24(18-22)19-23(20-29-25)14-13-21(3)17-26(27)28-5-2/h13-19H,4-12,20H2,1-3H3/b14-13+,21-17+. The van der Waals surface area contributed by atoms with E-state index < -0.39 is 0 Å². The fourth-order valence-electron chi connectivity index (χ4n) is 3.44. The molecule has 1 heterocycles. The lowest BCUT2D eigenvalue weighted by Crippen LogP contribution is -2.06. The van der Waals surface area contributed by atoms with Gasteiger partial charge in [0.05, 0.1) is 6.61 Å². The number of unbranched alkanes of at least 4 members (excludes halogenated alkanes) is 6. The summed E-state index contributed by atoms with van der Waals surface area (Å²) in [6.07, 6.45) is 18.1. The molecule has 0 saturated heterocycles. The van der Waals surface area contributed by atoms with Crippen molar-refractivity contribution >= 4 is 12.0 Å². The topological polar surface area (TPSA) is 35.5 Å². The second-order valence-electron chi connectivity index (χ2n) is 7.73. The van der Waals surface area contributed by atoms with Crippen LogP contribution in [0.25, 0.3) is 6.08 Å². The first-order chi connectivity index (χ1) is 14.1. The number of allylic oxidation sites excluding steroid dienone is 2. The Morgan fingerprint density at radius 1 is 1.10 bits per heavy atom. The Morgan fingerprint density at radius 3 is 2.62 bits per heavy atom. The molecule has 0 saturated carbocycles. The first-order valence-corrected chi connectivity index (χ1v) is 11.1. The summed E-state index contributed by atoms with van der Waals surface area (Å²) in [6, 6.07) is 6.53. The van der Waals surface area contributed by atoms with Gasteiger partial charge in [0, 0.05) is 11.6 Å². The Hall–Kier alpha value is -2.29. The maximum atomic E-state index is 11.5. The molecule has 1 aliphatic rings. The highest BCUT2D eigenvalue weighted by atomic mass is 16.5. The molecule has 29 heavy (non-hydrogen) atoms. The van der Waals surface area contributed by atoms with Crippen molar-refractivity contribution in [2.45, 2.75) is 72.1 Å². The highest BCUT2D eigenvalue weighted by Crippen LogP contribution is 2.28. The number of aryl methyl sites for hydroxylation is 1. The Kier molecular flexibility index (Phi) is 10.3. The van der Waals surface area contributed by atoms with Crippen LogP contribution in [0.2, 0.25) is 0 Å². The van der Waals surface area contributed by atoms with Crippen molar-refractivity contribution in [2.24, 2.45) is 0 Å². The molecule has 0 radical (unpaired) electrons. The molecule has 1 aliphatic heterocycles. The summed E-state index contributed by atoms with van der Waals surface area (Å²) < 4.78 is 10.8. The Labute approximate surface area is 176 Å². The van der Waals surface area contributed by atoms with Crippen molar-refractivity contribution in [1.29, 1.82) is 0 Å². The number of benzene rings is 1. The molecular formula is C26H36O3. The van der Waals surface area contributed by atoms with Crippen molar-refractivity contribution in [3.05, 3.63) is 58.7 Å². The second kappa shape index (κ2) is 13.0. The summed E-state index contributed by atoms with van der Waals surface area (Å²) in [5.41, 5.74) is 4.48. The zero-order valence-corrected chi connectivity index (χ0v) is 18.3. The van der Waals surface area contributed by atoms with Crippen molar-refractivity contribution in [3.63, 3.8) is 0 Å². The summed E-state index contributed by atoms with van der Waals surface area (Å²) in [7, 11) is 0. The normalized spacial score (nSPS) is 13.8. The van der Waals surface area contributed by atoms with Crippen LogP contribution in [0.15, 0.2) is 47.6 Å². The number of esters is 1. The molecule has 1 aromatic carbocycles. The molecule has 0 unspecified atom stereocenters. The molecule has 2 rings (SSSR count). The average Bonchev–Trinajstić information content (AvgIpc) is 2.71. The maximum absolute atomic E-state index is 11.5. The van der Waals surface area contributed by atoms with E-state index in [1.807, 2.05) is 19.1 Å². The van der Waals surface area contributed by atoms with Gasteiger partial charge in [0.25, 0.3) is 0 Å². The van der Waals surface area contributed by atoms with Crippen LogP contribution in [0.5, 0.6) is 5.75 Å². The van der Waals surface area contributed by atoms with Gasteiger partial charge in [-0.15, -0.1) is 0 Å². The van der Waals surface area contributed by atoms with E-state index in [2.05, 4.69) is 31.2 Å². The molecule has 158 valence electrons. The number of fused-ring (bicyclic) bond motifs is 1. The Morgan fingerprint density at radius 2 is 1.86 bits per heavy atom. The lowest BCUT2D eigenvalue weighted by atomic mass is 10.00. The highest BCUT2D eigenvalue weighted by molar-refractivity contribution is 5.83. The minimum atomic E-state index is -0.302. The van der Waals surface area contributed by atoms with Crippen LogP contribution < -0.4 is 4.74 Å². The predicted octanol–water partition coefficient (Wildman–Crippen LogP) is 6.82. The third-order valence-electron chi connectivity index (χ3n) is 5.07. The van der Waals surface area contributed by atoms with Crippen LogP contribution in [0.4, 0.5) is 0 Å². The van der Waals surface area contributed by atoms with Crippen molar-refractivity contribution in [2.75, 3.05) is 13.2 Å². The molecular weight excluding hydrogens is 360 g/mol. The number of rotatable bonds is 12. The molecule has 0 aliphatic carbocycles. The van der Waals surface area contributed by atoms with E-state index in [1.54, 1.807) is 6.92 Å². The third kappa shape index (κ3) is 8.72. The van der Waals surface area contributed by atoms with Gasteiger partial charge >= 0.3 is 5.97 Å². The molecule has 3 heteroatoms. The van der Waals surface area contributed by atoms with Gasteiger partial charge in [-0.05, 0) is 61.6 Å². The monoisotopic (exact) mass is 396 g/mol. The Bertz CT molecular complexity index is 740. The zero-order chi connectivity index (χ0) is 20.9. The van der Waals surface area contributed by atoms with Gasteiger partial charge in [-0.1, -0.05) is 63.7 Å². The van der Waals surface area contributed by atoms with Crippen LogP contribution in [0, 0.1) is 0 Å². The molecule has 0 N–H and O–H groups in total. The van der Waals surface area contributed by atoms with E-state index in [1.165, 1.54) is 56.6 Å². The lowest BCUT2D eigenvalue weighted by molar-refractivity contribution is -0.137. The summed E-state index contributed by atoms with van der Waals surface area (Å²) in [4.78, 5) is 11.5. The number of hydrogen-bond donors (Lipinski definition) is 0. The Balaban J connectivity index is 1.89. The van der Waals surface area contributed by atoms with Gasteiger partial charge in [-0.25, -0.2) is 4.79 Å². The highest BCUT2D eigenvalue weighted by Gasteiger charge is 2.10. The maximum Gasteiger partial charge on any atom is 0.330 e. The molecule has 0 atom stereocenters. The van der Waals surface area contributed by atoms with Gasteiger partial charge in [0.2, 0.25) is 0 Å². The second-order valence-corrected chi connectivity index (χ2v) is 7.73. The first kappa shape index (κ1) is 23.0. The van der Waals surface area contributed by atoms with Gasteiger partial charge in [-0.3, -0.25) is 0 Å². The van der Waals surface area contributed by atoms with Crippen molar-refractivity contribution in [3.8, 4) is 5.75 Å². The zero-order valence-electron chi connectivity index (χ0n) is 18.3. The van der Waals surface area contributed by atoms with Crippen LogP contribution in [0.1, 0.15) is 76.8 Å². The number of carbonyl (C=O) groups excluding carboxylic acids is 1. The SMILES string of the molecule is CCCCCCCCCc1ccc2c(c1)C=C(/C=C/C(C)=C/C(=O)OCC)CO2. The smallest absolute Gasteiger partial charge is 0.330 e. The first-order valence-electron chi connectivity index (χ1n) is 11.1. The van der Waals surface area contributed by atoms with E-state index in [4.69, 9.17) is 9.47 Å². The molecule has 3 nitrogen and oxygen atoms in total. The summed E-state index contributed by atoms with van der Waals surface area (Å²) >= 11 is 0. The molecule has 0 bridgehead atoms. The number of carbonyl (C=O) groups is 1. The fraction of sp³-hybridized carbons (Fsp3) is 0.500. The molecule has 0 fully saturated rings. The lowest BCUT2D eigenvalue weighted by Gasteiger charge is -2.17. The minimum Gasteiger partial charge on any atom is -0.488 e. The predicted molar refractivity (Wildman–Crippen MR) is 121 cm³/mol. The van der Waals surface area contributed by atoms with Gasteiger partial charge in [0.1, 0.15) is 12.4 Å². The van der Waals surface area contributed by atoms with Gasteiger partial charge < -0.3 is 9.47 Å². The van der Waals surface area contributed by atoms with E-state index in [9.17, 15) is 4.79 Å². The van der Waals surface area contributed by atoms with Crippen LogP contribution in [-0.2, 0) is 16.0 Å². The van der Waals surface area contributed by atoms with Crippen LogP contribution in [-0.4, -0.2) is 19.2 Å². The molecule has 0 amide bonds. The average molecular weight is 397 g/mol. The molecule has 1 aromatic rings. The molecule has 0 spiro atoms. The van der Waals surface area contributed by atoms with E-state index in [0.717, 1.165) is 28.9 Å². The minimum absolute atomic E-state index is 0.302. The largest absolute Gasteiger partial charge is 0.488 e. The summed E-state index contributed by atoms with van der Waals surface area (Å²) in [5, 5.41) is 0. The molecule has 0 aromatic heterocycles. The van der Waals surface area contributed by atoms with Gasteiger partial charge in [-0.2, -0.15) is 0 Å². The number of hydrogen-bond acceptors (Lipinski definition) is 3. The van der Waals surface area contributed by atoms with Crippen molar-refractivity contribution in [1.82, 2.24) is 0 Å². The summed E-state index contributed by atoms with van der Waals surface area (Å²) in [5.74, 6) is 0.646. The number of ether oxygens (including phenoxy) is 2. The van der Waals surface area contributed by atoms with Crippen LogP contribution in [0.3, 0.4) is 0 Å². The fourth-order valence-corrected chi connectivity index (χ4v) is 3.44. The van der Waals surface area contributed by atoms with Crippen LogP contribution >= 0.6 is 0 Å². The summed E-state index contributed by atoms with van der Waals surface area (Å²) in [6.45, 7) is 6.90. The van der Waals surface area contributed by atoms with E-state index in [0.29, 0.717) is 13.2 Å². The van der Waals surface area contributed by atoms with Gasteiger partial charge in [0.15, 0.2) is 0 Å². The van der Waals surface area contributed by atoms with E-state index in [-0.39, 0.29) is 5.97 Å². The van der Waals surface area contributed by atoms with Crippen molar-refractivity contribution < 1.29 is 14.3 Å². The quantitative estimate of drug-likeness (QED) is 0.168.